The Morgan fingerprint density at radius 1 is 1.18 bits per heavy atom. The fraction of sp³-hybridized carbons (Fsp3) is 0.227. The van der Waals surface area contributed by atoms with E-state index in [2.05, 4.69) is 10.3 Å². The van der Waals surface area contributed by atoms with Gasteiger partial charge in [-0.25, -0.2) is 4.98 Å². The molecule has 1 unspecified atom stereocenters. The quantitative estimate of drug-likeness (QED) is 0.464. The number of benzene rings is 2. The molecule has 0 bridgehead atoms. The van der Waals surface area contributed by atoms with Crippen LogP contribution >= 0.6 is 23.1 Å². The number of halogens is 3. The number of alkyl halides is 3. The molecule has 2 heterocycles. The standard InChI is InChI=1S/C22H17F3N2O4S2/c1-30-15-5-2-12(3-6-15)21-26-14(11-32-21)10-31-19(28)9-18-20(29)27-16-8-13(22(23,24)25)4-7-17(16)33-18/h2-8,11,18H,9-10H2,1H3,(H,27,29). The molecule has 1 atom stereocenters. The second-order valence-electron chi connectivity index (χ2n) is 7.04. The lowest BCUT2D eigenvalue weighted by molar-refractivity contribution is -0.145. The number of methoxy groups -OCH3 is 1. The van der Waals surface area contributed by atoms with Gasteiger partial charge < -0.3 is 14.8 Å². The summed E-state index contributed by atoms with van der Waals surface area (Å²) < 4.78 is 49.0. The van der Waals surface area contributed by atoms with E-state index in [-0.39, 0.29) is 18.7 Å². The van der Waals surface area contributed by atoms with E-state index >= 15 is 0 Å². The molecule has 4 rings (SSSR count). The number of rotatable bonds is 6. The van der Waals surface area contributed by atoms with Crippen molar-refractivity contribution < 1.29 is 32.2 Å². The number of anilines is 1. The molecule has 0 saturated heterocycles. The number of nitrogens with one attached hydrogen (secondary N) is 1. The minimum absolute atomic E-state index is 0.0456. The zero-order chi connectivity index (χ0) is 23.6. The average Bonchev–Trinajstić information content (AvgIpc) is 3.26. The minimum atomic E-state index is -4.51. The lowest BCUT2D eigenvalue weighted by Crippen LogP contribution is -2.31. The molecule has 33 heavy (non-hydrogen) atoms. The number of fused-ring (bicyclic) bond motifs is 1. The number of carbonyl (C=O) groups excluding carboxylic acids is 2. The van der Waals surface area contributed by atoms with Crippen LogP contribution in [0.25, 0.3) is 10.6 Å². The fourth-order valence-corrected chi connectivity index (χ4v) is 4.95. The van der Waals surface area contributed by atoms with Gasteiger partial charge in [-0.15, -0.1) is 23.1 Å². The lowest BCUT2D eigenvalue weighted by atomic mass is 10.1. The lowest BCUT2D eigenvalue weighted by Gasteiger charge is -2.24. The van der Waals surface area contributed by atoms with Gasteiger partial charge in [-0.1, -0.05) is 0 Å². The number of nitrogens with zero attached hydrogens (tertiary/aromatic N) is 1. The summed E-state index contributed by atoms with van der Waals surface area (Å²) in [7, 11) is 1.59. The fourth-order valence-electron chi connectivity index (χ4n) is 3.07. The molecule has 3 aromatic rings. The molecule has 1 aromatic heterocycles. The van der Waals surface area contributed by atoms with E-state index in [9.17, 15) is 22.8 Å². The Labute approximate surface area is 195 Å². The highest BCUT2D eigenvalue weighted by atomic mass is 32.2. The maximum Gasteiger partial charge on any atom is 0.416 e. The van der Waals surface area contributed by atoms with E-state index in [0.717, 1.165) is 40.2 Å². The van der Waals surface area contributed by atoms with Crippen LogP contribution in [0, 0.1) is 0 Å². The Morgan fingerprint density at radius 3 is 2.64 bits per heavy atom. The molecule has 0 radical (unpaired) electrons. The van der Waals surface area contributed by atoms with Gasteiger partial charge >= 0.3 is 12.1 Å². The molecule has 0 spiro atoms. The van der Waals surface area contributed by atoms with Crippen molar-refractivity contribution in [1.29, 1.82) is 0 Å². The van der Waals surface area contributed by atoms with Crippen molar-refractivity contribution >= 4 is 40.7 Å². The highest BCUT2D eigenvalue weighted by molar-refractivity contribution is 8.01. The summed E-state index contributed by atoms with van der Waals surface area (Å²) >= 11 is 2.44. The van der Waals surface area contributed by atoms with Crippen LogP contribution in [0.4, 0.5) is 18.9 Å². The van der Waals surface area contributed by atoms with Crippen molar-refractivity contribution in [3.63, 3.8) is 0 Å². The van der Waals surface area contributed by atoms with Crippen molar-refractivity contribution in [2.75, 3.05) is 12.4 Å². The molecule has 1 N–H and O–H groups in total. The van der Waals surface area contributed by atoms with Crippen LogP contribution in [0.1, 0.15) is 17.7 Å². The summed E-state index contributed by atoms with van der Waals surface area (Å²) in [6.45, 7) is -0.0456. The topological polar surface area (TPSA) is 77.5 Å². The first-order valence-corrected chi connectivity index (χ1v) is 11.4. The van der Waals surface area contributed by atoms with E-state index in [0.29, 0.717) is 10.6 Å². The largest absolute Gasteiger partial charge is 0.497 e. The van der Waals surface area contributed by atoms with Gasteiger partial charge in [0, 0.05) is 15.8 Å². The van der Waals surface area contributed by atoms with Crippen molar-refractivity contribution in [2.24, 2.45) is 0 Å². The van der Waals surface area contributed by atoms with Gasteiger partial charge in [-0.05, 0) is 42.5 Å². The summed E-state index contributed by atoms with van der Waals surface area (Å²) in [6, 6.07) is 10.5. The van der Waals surface area contributed by atoms with Gasteiger partial charge in [0.05, 0.1) is 35.7 Å². The first kappa shape index (κ1) is 23.1. The average molecular weight is 495 g/mol. The van der Waals surface area contributed by atoms with Gasteiger partial charge in [-0.2, -0.15) is 13.2 Å². The molecule has 2 aromatic carbocycles. The smallest absolute Gasteiger partial charge is 0.416 e. The summed E-state index contributed by atoms with van der Waals surface area (Å²) in [5.74, 6) is -0.409. The van der Waals surface area contributed by atoms with Crippen molar-refractivity contribution in [2.45, 2.75) is 29.3 Å². The summed E-state index contributed by atoms with van der Waals surface area (Å²) in [5.41, 5.74) is 0.709. The summed E-state index contributed by atoms with van der Waals surface area (Å²) in [5, 5.41) is 4.19. The Morgan fingerprint density at radius 2 is 1.94 bits per heavy atom. The molecule has 6 nitrogen and oxygen atoms in total. The molecule has 1 amide bonds. The predicted octanol–water partition coefficient (Wildman–Crippen LogP) is 5.38. The first-order chi connectivity index (χ1) is 15.7. The van der Waals surface area contributed by atoms with Gasteiger partial charge in [-0.3, -0.25) is 9.59 Å². The zero-order valence-corrected chi connectivity index (χ0v) is 18.8. The molecule has 172 valence electrons. The number of hydrogen-bond acceptors (Lipinski definition) is 7. The Hall–Kier alpha value is -3.05. The Kier molecular flexibility index (Phi) is 6.61. The number of esters is 1. The van der Waals surface area contributed by atoms with Gasteiger partial charge in [0.1, 0.15) is 17.4 Å². The molecule has 0 saturated carbocycles. The Bertz CT molecular complexity index is 1180. The summed E-state index contributed by atoms with van der Waals surface area (Å²) in [4.78, 5) is 29.5. The van der Waals surface area contributed by atoms with Crippen LogP contribution in [0.3, 0.4) is 0 Å². The molecule has 1 aliphatic rings. The molecule has 11 heteroatoms. The van der Waals surface area contributed by atoms with E-state index < -0.39 is 28.9 Å². The first-order valence-electron chi connectivity index (χ1n) is 9.66. The van der Waals surface area contributed by atoms with Crippen molar-refractivity contribution in [3.8, 4) is 16.3 Å². The number of ether oxygens (including phenoxy) is 2. The third-order valence-corrected chi connectivity index (χ3v) is 6.96. The number of thiazole rings is 1. The van der Waals surface area contributed by atoms with Gasteiger partial charge in [0.25, 0.3) is 0 Å². The minimum Gasteiger partial charge on any atom is -0.497 e. The van der Waals surface area contributed by atoms with E-state index in [1.165, 1.54) is 17.4 Å². The molecule has 0 aliphatic carbocycles. The third-order valence-electron chi connectivity index (χ3n) is 4.75. The number of aromatic nitrogens is 1. The number of amides is 1. The van der Waals surface area contributed by atoms with Gasteiger partial charge in [0.2, 0.25) is 5.91 Å². The second kappa shape index (κ2) is 9.44. The normalized spacial score (nSPS) is 15.5. The molecule has 0 fully saturated rings. The maximum absolute atomic E-state index is 12.9. The SMILES string of the molecule is COc1ccc(-c2nc(COC(=O)CC3Sc4ccc(C(F)(F)F)cc4NC3=O)cs2)cc1. The van der Waals surface area contributed by atoms with Crippen LogP contribution in [-0.2, 0) is 27.1 Å². The maximum atomic E-state index is 12.9. The van der Waals surface area contributed by atoms with Gasteiger partial charge in [0.15, 0.2) is 0 Å². The monoisotopic (exact) mass is 494 g/mol. The molecule has 1 aliphatic heterocycles. The highest BCUT2D eigenvalue weighted by Gasteiger charge is 2.34. The van der Waals surface area contributed by atoms with Crippen molar-refractivity contribution in [3.05, 3.63) is 59.1 Å². The number of thioether (sulfide) groups is 1. The van der Waals surface area contributed by atoms with Crippen molar-refractivity contribution in [1.82, 2.24) is 4.98 Å². The Balaban J connectivity index is 1.33. The summed E-state index contributed by atoms with van der Waals surface area (Å²) in [6.07, 6.45) is -4.72. The number of carbonyl (C=O) groups is 2. The van der Waals surface area contributed by atoms with Crippen LogP contribution in [0.15, 0.2) is 52.7 Å². The van der Waals surface area contributed by atoms with Crippen LogP contribution in [0.5, 0.6) is 5.75 Å². The predicted molar refractivity (Wildman–Crippen MR) is 118 cm³/mol. The third kappa shape index (κ3) is 5.48. The highest BCUT2D eigenvalue weighted by Crippen LogP contribution is 2.40. The van der Waals surface area contributed by atoms with E-state index in [4.69, 9.17) is 9.47 Å². The molecular formula is C22H17F3N2O4S2. The van der Waals surface area contributed by atoms with Crippen LogP contribution in [0.2, 0.25) is 0 Å². The van der Waals surface area contributed by atoms with Crippen LogP contribution in [-0.4, -0.2) is 29.2 Å². The van der Waals surface area contributed by atoms with E-state index in [1.807, 2.05) is 24.3 Å². The van der Waals surface area contributed by atoms with E-state index in [1.54, 1.807) is 12.5 Å². The number of hydrogen-bond donors (Lipinski definition) is 1. The zero-order valence-electron chi connectivity index (χ0n) is 17.1. The second-order valence-corrected chi connectivity index (χ2v) is 9.14. The molecular weight excluding hydrogens is 477 g/mol. The van der Waals surface area contributed by atoms with Crippen LogP contribution < -0.4 is 10.1 Å².